The molecule has 4 rings (SSSR count). The van der Waals surface area contributed by atoms with Gasteiger partial charge < -0.3 is 5.11 Å². The van der Waals surface area contributed by atoms with Crippen LogP contribution in [0.15, 0.2) is 60.9 Å². The SMILES string of the molecule is CC(C)(C)c1cc(-c2ncnc3nccnc23)[c-]c2ccccc12.CCC(CC)C(=O)/C=C(\O)C(CC)CC.[Ir]. The van der Waals surface area contributed by atoms with Crippen LogP contribution in [0, 0.1) is 17.9 Å². The van der Waals surface area contributed by atoms with Gasteiger partial charge in [0.2, 0.25) is 0 Å². The van der Waals surface area contributed by atoms with Crippen molar-refractivity contribution >= 4 is 27.7 Å². The number of allylic oxidation sites excluding steroid dienone is 2. The van der Waals surface area contributed by atoms with Crippen LogP contribution in [0.4, 0.5) is 0 Å². The number of benzene rings is 2. The number of nitrogens with zero attached hydrogens (tertiary/aromatic N) is 4. The van der Waals surface area contributed by atoms with Crippen LogP contribution in [0.2, 0.25) is 0 Å². The first kappa shape index (κ1) is 33.2. The summed E-state index contributed by atoms with van der Waals surface area (Å²) in [6.07, 6.45) is 9.75. The normalized spacial score (nSPS) is 11.9. The molecular weight excluding hydrogens is 677 g/mol. The van der Waals surface area contributed by atoms with Crippen LogP contribution in [0.5, 0.6) is 0 Å². The molecule has 7 heteroatoms. The van der Waals surface area contributed by atoms with Gasteiger partial charge in [-0.05, 0) is 31.1 Å². The quantitative estimate of drug-likeness (QED) is 0.112. The zero-order valence-electron chi connectivity index (χ0n) is 24.7. The van der Waals surface area contributed by atoms with E-state index in [9.17, 15) is 9.90 Å². The van der Waals surface area contributed by atoms with Crippen LogP contribution in [-0.2, 0) is 30.3 Å². The minimum atomic E-state index is 0. The molecule has 2 heterocycles. The number of hydrogen-bond donors (Lipinski definition) is 1. The van der Waals surface area contributed by atoms with Gasteiger partial charge in [-0.3, -0.25) is 14.8 Å². The van der Waals surface area contributed by atoms with E-state index in [0.717, 1.165) is 42.3 Å². The molecule has 0 atom stereocenters. The van der Waals surface area contributed by atoms with Crippen LogP contribution in [-0.4, -0.2) is 30.8 Å². The van der Waals surface area contributed by atoms with Gasteiger partial charge in [-0.15, -0.1) is 29.1 Å². The van der Waals surface area contributed by atoms with Crippen LogP contribution in [0.3, 0.4) is 0 Å². The number of aromatic nitrogens is 4. The van der Waals surface area contributed by atoms with E-state index in [1.165, 1.54) is 23.4 Å². The number of ketones is 1. The largest absolute Gasteiger partial charge is 0.512 e. The molecule has 0 saturated carbocycles. The molecule has 6 nitrogen and oxygen atoms in total. The number of aliphatic hydroxyl groups excluding tert-OH is 1. The predicted octanol–water partition coefficient (Wildman–Crippen LogP) is 8.20. The molecule has 40 heavy (non-hydrogen) atoms. The van der Waals surface area contributed by atoms with Crippen molar-refractivity contribution in [1.29, 1.82) is 0 Å². The molecule has 1 radical (unpaired) electrons. The molecule has 0 aliphatic heterocycles. The van der Waals surface area contributed by atoms with Gasteiger partial charge in [0.1, 0.15) is 11.8 Å². The van der Waals surface area contributed by atoms with Crippen molar-refractivity contribution in [2.75, 3.05) is 0 Å². The average molecular weight is 718 g/mol. The Morgan fingerprint density at radius 2 is 1.55 bits per heavy atom. The number of hydrogen-bond acceptors (Lipinski definition) is 6. The van der Waals surface area contributed by atoms with E-state index in [4.69, 9.17) is 0 Å². The van der Waals surface area contributed by atoms with Crippen molar-refractivity contribution in [3.05, 3.63) is 72.5 Å². The molecule has 0 saturated heterocycles. The fourth-order valence-corrected chi connectivity index (χ4v) is 4.75. The summed E-state index contributed by atoms with van der Waals surface area (Å²) in [6.45, 7) is 14.7. The zero-order chi connectivity index (χ0) is 28.6. The number of fused-ring (bicyclic) bond motifs is 2. The Labute approximate surface area is 252 Å². The molecule has 215 valence electrons. The number of aliphatic hydroxyl groups is 1. The molecule has 0 spiro atoms. The van der Waals surface area contributed by atoms with Gasteiger partial charge in [0.25, 0.3) is 0 Å². The second-order valence-corrected chi connectivity index (χ2v) is 10.8. The van der Waals surface area contributed by atoms with Gasteiger partial charge in [0.05, 0.1) is 5.76 Å². The summed E-state index contributed by atoms with van der Waals surface area (Å²) in [5, 5.41) is 12.1. The molecule has 0 aliphatic rings. The van der Waals surface area contributed by atoms with Crippen LogP contribution in [0.1, 0.15) is 79.7 Å². The van der Waals surface area contributed by atoms with E-state index in [0.29, 0.717) is 11.2 Å². The van der Waals surface area contributed by atoms with Gasteiger partial charge in [-0.1, -0.05) is 77.6 Å². The Kier molecular flexibility index (Phi) is 12.5. The van der Waals surface area contributed by atoms with E-state index in [-0.39, 0.29) is 48.9 Å². The number of carbonyl (C=O) groups is 1. The van der Waals surface area contributed by atoms with E-state index in [1.807, 2.05) is 33.8 Å². The molecule has 0 amide bonds. The van der Waals surface area contributed by atoms with Crippen LogP contribution < -0.4 is 0 Å². The topological polar surface area (TPSA) is 88.9 Å². The van der Waals surface area contributed by atoms with Gasteiger partial charge >= 0.3 is 0 Å². The monoisotopic (exact) mass is 718 g/mol. The van der Waals surface area contributed by atoms with Crippen molar-refractivity contribution < 1.29 is 30.0 Å². The maximum atomic E-state index is 11.7. The molecule has 0 fully saturated rings. The zero-order valence-corrected chi connectivity index (χ0v) is 27.1. The van der Waals surface area contributed by atoms with Crippen molar-refractivity contribution in [1.82, 2.24) is 19.9 Å². The molecule has 4 aromatic rings. The summed E-state index contributed by atoms with van der Waals surface area (Å²) in [6, 6.07) is 14.0. The third kappa shape index (κ3) is 8.02. The van der Waals surface area contributed by atoms with Crippen molar-refractivity contribution in [3.63, 3.8) is 0 Å². The Morgan fingerprint density at radius 1 is 0.925 bits per heavy atom. The van der Waals surface area contributed by atoms with E-state index in [1.54, 1.807) is 12.4 Å². The Hall–Kier alpha value is -3.02. The predicted molar refractivity (Wildman–Crippen MR) is 159 cm³/mol. The van der Waals surface area contributed by atoms with E-state index < -0.39 is 0 Å². The summed E-state index contributed by atoms with van der Waals surface area (Å²) in [7, 11) is 0. The summed E-state index contributed by atoms with van der Waals surface area (Å²) >= 11 is 0. The third-order valence-corrected chi connectivity index (χ3v) is 7.19. The summed E-state index contributed by atoms with van der Waals surface area (Å²) in [5.41, 5.74) is 4.27. The molecule has 0 unspecified atom stereocenters. The van der Waals surface area contributed by atoms with Crippen LogP contribution >= 0.6 is 0 Å². The fourth-order valence-electron chi connectivity index (χ4n) is 4.75. The third-order valence-electron chi connectivity index (χ3n) is 7.19. The van der Waals surface area contributed by atoms with E-state index >= 15 is 0 Å². The number of carbonyl (C=O) groups excluding carboxylic acids is 1. The maximum absolute atomic E-state index is 11.7. The fraction of sp³-hybridized carbons (Fsp3) is 0.424. The molecule has 2 aromatic carbocycles. The Bertz CT molecular complexity index is 1430. The molecule has 1 N–H and O–H groups in total. The van der Waals surface area contributed by atoms with Crippen molar-refractivity contribution in [2.24, 2.45) is 11.8 Å². The summed E-state index contributed by atoms with van der Waals surface area (Å²) in [5.74, 6) is 0.547. The second-order valence-electron chi connectivity index (χ2n) is 10.8. The van der Waals surface area contributed by atoms with Crippen molar-refractivity contribution in [2.45, 2.75) is 79.6 Å². The Balaban J connectivity index is 0.000000307. The first-order valence-electron chi connectivity index (χ1n) is 14.0. The Morgan fingerprint density at radius 3 is 2.17 bits per heavy atom. The van der Waals surface area contributed by atoms with Gasteiger partial charge in [0, 0.05) is 56.1 Å². The van der Waals surface area contributed by atoms with Gasteiger partial charge in [-0.25, -0.2) is 9.97 Å². The van der Waals surface area contributed by atoms with Crippen LogP contribution in [0.25, 0.3) is 33.2 Å². The first-order chi connectivity index (χ1) is 18.6. The molecule has 0 bridgehead atoms. The molecule has 0 aliphatic carbocycles. The smallest absolute Gasteiger partial charge is 0.174 e. The molecule has 2 aromatic heterocycles. The van der Waals surface area contributed by atoms with Crippen molar-refractivity contribution in [3.8, 4) is 11.3 Å². The first-order valence-corrected chi connectivity index (χ1v) is 14.0. The van der Waals surface area contributed by atoms with Gasteiger partial charge in [0.15, 0.2) is 11.4 Å². The standard InChI is InChI=1S/C20H17N4.C13H24O2.Ir/c1-20(2,3)16-11-14(10-13-6-4-5-7-15(13)16)17-18-19(24-12-23-17)22-9-8-21-18;1-5-10(6-2)12(14)9-13(15)11(7-3)8-4;/h4-9,11-12H,1-3H3;9-11,14H,5-8H2,1-4H3;/q-1;;/b;12-9-;. The van der Waals surface area contributed by atoms with Gasteiger partial charge in [-0.2, -0.15) is 0 Å². The average Bonchev–Trinajstić information content (AvgIpc) is 2.93. The maximum Gasteiger partial charge on any atom is 0.174 e. The minimum absolute atomic E-state index is 0. The summed E-state index contributed by atoms with van der Waals surface area (Å²) < 4.78 is 0. The summed E-state index contributed by atoms with van der Waals surface area (Å²) in [4.78, 5) is 29.1. The second kappa shape index (κ2) is 15.1. The minimum Gasteiger partial charge on any atom is -0.512 e. The molecular formula is C33H41IrN4O2-. The van der Waals surface area contributed by atoms with E-state index in [2.05, 4.69) is 71.0 Å². The number of rotatable bonds is 8.